The van der Waals surface area contributed by atoms with E-state index < -0.39 is 6.04 Å². The van der Waals surface area contributed by atoms with Crippen molar-refractivity contribution in [1.82, 2.24) is 4.90 Å². The summed E-state index contributed by atoms with van der Waals surface area (Å²) in [5, 5.41) is 5.76. The molecule has 1 atom stereocenters. The number of amides is 2. The molecule has 0 radical (unpaired) electrons. The fourth-order valence-electron chi connectivity index (χ4n) is 2.62. The fourth-order valence-corrected chi connectivity index (χ4v) is 2.62. The number of hydrogen-bond donors (Lipinski definition) is 2. The van der Waals surface area contributed by atoms with Gasteiger partial charge < -0.3 is 15.4 Å². The number of ether oxygens (including phenoxy) is 1. The van der Waals surface area contributed by atoms with Gasteiger partial charge in [-0.15, -0.1) is 0 Å². The van der Waals surface area contributed by atoms with Gasteiger partial charge in [-0.3, -0.25) is 14.5 Å². The van der Waals surface area contributed by atoms with Gasteiger partial charge in [0.2, 0.25) is 11.8 Å². The van der Waals surface area contributed by atoms with Crippen LogP contribution in [-0.2, 0) is 9.59 Å². The highest BCUT2D eigenvalue weighted by Gasteiger charge is 2.21. The number of carbonyl (C=O) groups is 2. The third-order valence-electron chi connectivity index (χ3n) is 4.68. The Morgan fingerprint density at radius 2 is 1.70 bits per heavy atom. The highest BCUT2D eigenvalue weighted by atomic mass is 16.5. The molecule has 0 saturated carbocycles. The summed E-state index contributed by atoms with van der Waals surface area (Å²) in [6.45, 7) is 5.84. The molecule has 2 rings (SSSR count). The van der Waals surface area contributed by atoms with Gasteiger partial charge in [0.05, 0.1) is 25.4 Å². The van der Waals surface area contributed by atoms with Crippen molar-refractivity contribution in [2.75, 3.05) is 31.3 Å². The average Bonchev–Trinajstić information content (AvgIpc) is 2.65. The molecule has 2 aromatic rings. The Morgan fingerprint density at radius 3 is 2.41 bits per heavy atom. The van der Waals surface area contributed by atoms with Crippen molar-refractivity contribution in [3.05, 3.63) is 53.6 Å². The maximum Gasteiger partial charge on any atom is 0.241 e. The minimum absolute atomic E-state index is 0.105. The molecule has 0 aliphatic carbocycles. The van der Waals surface area contributed by atoms with Crippen molar-refractivity contribution in [2.24, 2.45) is 0 Å². The molecule has 6 heteroatoms. The second kappa shape index (κ2) is 9.19. The Bertz CT molecular complexity index is 820. The maximum absolute atomic E-state index is 12.5. The van der Waals surface area contributed by atoms with Gasteiger partial charge in [-0.1, -0.05) is 24.3 Å². The van der Waals surface area contributed by atoms with Crippen molar-refractivity contribution < 1.29 is 14.3 Å². The second-order valence-corrected chi connectivity index (χ2v) is 6.58. The third kappa shape index (κ3) is 5.31. The zero-order valence-electron chi connectivity index (χ0n) is 16.5. The minimum Gasteiger partial charge on any atom is -0.495 e. The molecule has 0 aliphatic heterocycles. The highest BCUT2D eigenvalue weighted by molar-refractivity contribution is 5.97. The summed E-state index contributed by atoms with van der Waals surface area (Å²) in [5.41, 5.74) is 3.55. The van der Waals surface area contributed by atoms with Crippen molar-refractivity contribution in [3.63, 3.8) is 0 Å². The van der Waals surface area contributed by atoms with Crippen LogP contribution in [0.15, 0.2) is 42.5 Å². The number of carbonyl (C=O) groups excluding carboxylic acids is 2. The molecular formula is C21H27N3O3. The van der Waals surface area contributed by atoms with Crippen LogP contribution in [0.2, 0.25) is 0 Å². The fraction of sp³-hybridized carbons (Fsp3) is 0.333. The Balaban J connectivity index is 1.95. The first-order chi connectivity index (χ1) is 12.8. The molecule has 0 bridgehead atoms. The van der Waals surface area contributed by atoms with Gasteiger partial charge in [0.15, 0.2) is 0 Å². The molecule has 0 aliphatic rings. The predicted octanol–water partition coefficient (Wildman–Crippen LogP) is 3.21. The van der Waals surface area contributed by atoms with E-state index in [1.807, 2.05) is 44.2 Å². The van der Waals surface area contributed by atoms with E-state index in [0.29, 0.717) is 11.4 Å². The molecule has 144 valence electrons. The van der Waals surface area contributed by atoms with E-state index in [1.165, 1.54) is 0 Å². The summed E-state index contributed by atoms with van der Waals surface area (Å²) >= 11 is 0. The lowest BCUT2D eigenvalue weighted by Gasteiger charge is -2.24. The van der Waals surface area contributed by atoms with E-state index >= 15 is 0 Å². The normalized spacial score (nSPS) is 11.8. The van der Waals surface area contributed by atoms with Crippen LogP contribution in [0.4, 0.5) is 11.4 Å². The Kier molecular flexibility index (Phi) is 6.96. The Morgan fingerprint density at radius 1 is 1.04 bits per heavy atom. The predicted molar refractivity (Wildman–Crippen MR) is 108 cm³/mol. The lowest BCUT2D eigenvalue weighted by atomic mass is 10.1. The number of rotatable bonds is 7. The zero-order chi connectivity index (χ0) is 20.0. The average molecular weight is 369 g/mol. The first-order valence-corrected chi connectivity index (χ1v) is 8.83. The number of hydrogen-bond acceptors (Lipinski definition) is 4. The third-order valence-corrected chi connectivity index (χ3v) is 4.68. The highest BCUT2D eigenvalue weighted by Crippen LogP contribution is 2.23. The van der Waals surface area contributed by atoms with Gasteiger partial charge >= 0.3 is 0 Å². The first-order valence-electron chi connectivity index (χ1n) is 8.83. The molecule has 27 heavy (non-hydrogen) atoms. The standard InChI is InChI=1S/C21H27N3O3/c1-14-9-8-11-17(15(14)2)22-20(25)13-24(4)16(3)21(26)23-18-10-6-7-12-19(18)27-5/h6-12,16H,13H2,1-5H3,(H,22,25)(H,23,26)/t16-/m1/s1. The quantitative estimate of drug-likeness (QED) is 0.786. The summed E-state index contributed by atoms with van der Waals surface area (Å²) < 4.78 is 5.25. The molecule has 0 spiro atoms. The molecule has 2 amide bonds. The van der Waals surface area contributed by atoms with E-state index in [4.69, 9.17) is 4.74 Å². The number of nitrogens with zero attached hydrogens (tertiary/aromatic N) is 1. The number of para-hydroxylation sites is 2. The Hall–Kier alpha value is -2.86. The summed E-state index contributed by atoms with van der Waals surface area (Å²) in [5.74, 6) is 0.220. The largest absolute Gasteiger partial charge is 0.495 e. The van der Waals surface area contributed by atoms with Crippen LogP contribution >= 0.6 is 0 Å². The van der Waals surface area contributed by atoms with Crippen LogP contribution in [0.25, 0.3) is 0 Å². The molecule has 6 nitrogen and oxygen atoms in total. The van der Waals surface area contributed by atoms with Crippen molar-refractivity contribution in [3.8, 4) is 5.75 Å². The summed E-state index contributed by atoms with van der Waals surface area (Å²) in [7, 11) is 3.30. The molecular weight excluding hydrogens is 342 g/mol. The van der Waals surface area contributed by atoms with E-state index in [9.17, 15) is 9.59 Å². The number of likely N-dealkylation sites (N-methyl/N-ethyl adjacent to an activating group) is 1. The molecule has 2 N–H and O–H groups in total. The van der Waals surface area contributed by atoms with Gasteiger partial charge in [0.25, 0.3) is 0 Å². The van der Waals surface area contributed by atoms with Crippen LogP contribution < -0.4 is 15.4 Å². The van der Waals surface area contributed by atoms with Crippen LogP contribution in [0.1, 0.15) is 18.1 Å². The van der Waals surface area contributed by atoms with Crippen molar-refractivity contribution in [2.45, 2.75) is 26.8 Å². The molecule has 2 aromatic carbocycles. The van der Waals surface area contributed by atoms with Crippen LogP contribution in [0.5, 0.6) is 5.75 Å². The number of nitrogens with one attached hydrogen (secondary N) is 2. The topological polar surface area (TPSA) is 70.7 Å². The SMILES string of the molecule is COc1ccccc1NC(=O)[C@@H](C)N(C)CC(=O)Nc1cccc(C)c1C. The smallest absolute Gasteiger partial charge is 0.241 e. The van der Waals surface area contributed by atoms with Crippen LogP contribution in [-0.4, -0.2) is 43.5 Å². The van der Waals surface area contributed by atoms with E-state index in [-0.39, 0.29) is 18.4 Å². The number of aryl methyl sites for hydroxylation is 1. The van der Waals surface area contributed by atoms with Crippen LogP contribution in [0.3, 0.4) is 0 Å². The van der Waals surface area contributed by atoms with Crippen molar-refractivity contribution >= 4 is 23.2 Å². The van der Waals surface area contributed by atoms with Gasteiger partial charge in [0, 0.05) is 5.69 Å². The summed E-state index contributed by atoms with van der Waals surface area (Å²) in [6, 6.07) is 12.5. The second-order valence-electron chi connectivity index (χ2n) is 6.58. The molecule has 0 unspecified atom stereocenters. The monoisotopic (exact) mass is 369 g/mol. The van der Waals surface area contributed by atoms with E-state index in [2.05, 4.69) is 10.6 Å². The lowest BCUT2D eigenvalue weighted by Crippen LogP contribution is -2.43. The number of anilines is 2. The number of benzene rings is 2. The molecule has 0 aromatic heterocycles. The zero-order valence-corrected chi connectivity index (χ0v) is 16.5. The van der Waals surface area contributed by atoms with Crippen LogP contribution in [0, 0.1) is 13.8 Å². The number of methoxy groups -OCH3 is 1. The maximum atomic E-state index is 12.5. The molecule has 0 saturated heterocycles. The van der Waals surface area contributed by atoms with Gasteiger partial charge in [-0.25, -0.2) is 0 Å². The minimum atomic E-state index is -0.487. The van der Waals surface area contributed by atoms with E-state index in [1.54, 1.807) is 38.1 Å². The van der Waals surface area contributed by atoms with Gasteiger partial charge in [0.1, 0.15) is 5.75 Å². The summed E-state index contributed by atoms with van der Waals surface area (Å²) in [6.07, 6.45) is 0. The van der Waals surface area contributed by atoms with Crippen molar-refractivity contribution in [1.29, 1.82) is 0 Å². The Labute approximate surface area is 160 Å². The lowest BCUT2D eigenvalue weighted by molar-refractivity contribution is -0.122. The van der Waals surface area contributed by atoms with Gasteiger partial charge in [-0.2, -0.15) is 0 Å². The molecule has 0 fully saturated rings. The van der Waals surface area contributed by atoms with E-state index in [0.717, 1.165) is 16.8 Å². The first kappa shape index (κ1) is 20.5. The summed E-state index contributed by atoms with van der Waals surface area (Å²) in [4.78, 5) is 26.6. The molecule has 0 heterocycles. The van der Waals surface area contributed by atoms with Gasteiger partial charge in [-0.05, 0) is 57.1 Å².